The van der Waals surface area contributed by atoms with E-state index in [4.69, 9.17) is 9.47 Å². The first kappa shape index (κ1) is 15.2. The topological polar surface area (TPSA) is 73.6 Å². The lowest BCUT2D eigenvalue weighted by molar-refractivity contribution is 0.356. The van der Waals surface area contributed by atoms with Crippen molar-refractivity contribution < 1.29 is 9.47 Å². The fourth-order valence-corrected chi connectivity index (χ4v) is 2.81. The van der Waals surface area contributed by atoms with Crippen LogP contribution < -0.4 is 14.8 Å². The highest BCUT2D eigenvalue weighted by atomic mass is 16.5. The Labute approximate surface area is 144 Å². The average molecular weight is 335 g/mol. The van der Waals surface area contributed by atoms with Crippen LogP contribution in [-0.2, 0) is 6.54 Å². The van der Waals surface area contributed by atoms with Gasteiger partial charge in [-0.1, -0.05) is 30.3 Å². The lowest BCUT2D eigenvalue weighted by atomic mass is 10.1. The van der Waals surface area contributed by atoms with Crippen LogP contribution in [0.3, 0.4) is 0 Å². The van der Waals surface area contributed by atoms with Gasteiger partial charge in [-0.05, 0) is 17.7 Å². The largest absolute Gasteiger partial charge is 0.493 e. The molecule has 0 amide bonds. The molecule has 0 radical (unpaired) electrons. The molecule has 0 aliphatic carbocycles. The number of hydrogen-bond acceptors (Lipinski definition) is 6. The van der Waals surface area contributed by atoms with E-state index in [-0.39, 0.29) is 0 Å². The van der Waals surface area contributed by atoms with Crippen LogP contribution in [0.5, 0.6) is 11.5 Å². The molecule has 25 heavy (non-hydrogen) atoms. The third-order valence-electron chi connectivity index (χ3n) is 4.06. The summed E-state index contributed by atoms with van der Waals surface area (Å²) < 4.78 is 12.5. The van der Waals surface area contributed by atoms with E-state index in [0.29, 0.717) is 23.7 Å². The standard InChI is InChI=1S/C18H17N5O2/c1-24-15-8-13-14(9-16(15)25-2)18-21-20-11-23(18)22-17(13)19-10-12-6-4-3-5-7-12/h3-9,11H,10H2,1-2H3,(H,19,22). The molecule has 7 heteroatoms. The monoisotopic (exact) mass is 335 g/mol. The summed E-state index contributed by atoms with van der Waals surface area (Å²) in [4.78, 5) is 0. The highest BCUT2D eigenvalue weighted by Gasteiger charge is 2.15. The zero-order valence-corrected chi connectivity index (χ0v) is 13.9. The smallest absolute Gasteiger partial charge is 0.185 e. The number of aromatic nitrogens is 4. The number of hydrogen-bond donors (Lipinski definition) is 1. The third-order valence-corrected chi connectivity index (χ3v) is 4.06. The van der Waals surface area contributed by atoms with Crippen molar-refractivity contribution in [3.05, 3.63) is 54.4 Å². The SMILES string of the molecule is COc1cc2c(NCc3ccccc3)nn3cnnc3c2cc1OC. The normalized spacial score (nSPS) is 11.0. The maximum absolute atomic E-state index is 5.43. The van der Waals surface area contributed by atoms with Crippen LogP contribution >= 0.6 is 0 Å². The summed E-state index contributed by atoms with van der Waals surface area (Å²) in [6, 6.07) is 14.0. The molecule has 0 spiro atoms. The van der Waals surface area contributed by atoms with Gasteiger partial charge in [0.1, 0.15) is 6.33 Å². The number of methoxy groups -OCH3 is 2. The van der Waals surface area contributed by atoms with Gasteiger partial charge in [-0.15, -0.1) is 15.3 Å². The summed E-state index contributed by atoms with van der Waals surface area (Å²) in [6.45, 7) is 0.658. The van der Waals surface area contributed by atoms with Crippen molar-refractivity contribution in [3.8, 4) is 11.5 Å². The molecular formula is C18H17N5O2. The van der Waals surface area contributed by atoms with Gasteiger partial charge < -0.3 is 14.8 Å². The van der Waals surface area contributed by atoms with Crippen LogP contribution in [0.4, 0.5) is 5.82 Å². The lowest BCUT2D eigenvalue weighted by Crippen LogP contribution is -2.05. The predicted molar refractivity (Wildman–Crippen MR) is 95.2 cm³/mol. The van der Waals surface area contributed by atoms with E-state index in [1.54, 1.807) is 25.1 Å². The Morgan fingerprint density at radius 1 is 1.00 bits per heavy atom. The second-order valence-electron chi connectivity index (χ2n) is 5.54. The zero-order valence-electron chi connectivity index (χ0n) is 13.9. The average Bonchev–Trinajstić information content (AvgIpc) is 3.14. The molecular weight excluding hydrogens is 318 g/mol. The Kier molecular flexibility index (Phi) is 3.81. The quantitative estimate of drug-likeness (QED) is 0.604. The van der Waals surface area contributed by atoms with Gasteiger partial charge in [0.05, 0.1) is 14.2 Å². The van der Waals surface area contributed by atoms with E-state index < -0.39 is 0 Å². The fraction of sp³-hybridized carbons (Fsp3) is 0.167. The van der Waals surface area contributed by atoms with E-state index in [1.807, 2.05) is 30.3 Å². The van der Waals surface area contributed by atoms with Gasteiger partial charge in [-0.2, -0.15) is 4.52 Å². The summed E-state index contributed by atoms with van der Waals surface area (Å²) in [6.07, 6.45) is 1.58. The van der Waals surface area contributed by atoms with E-state index in [9.17, 15) is 0 Å². The van der Waals surface area contributed by atoms with Crippen LogP contribution in [0.25, 0.3) is 16.4 Å². The van der Waals surface area contributed by atoms with Crippen molar-refractivity contribution in [2.75, 3.05) is 19.5 Å². The molecule has 0 atom stereocenters. The number of anilines is 1. The van der Waals surface area contributed by atoms with Gasteiger partial charge in [0.15, 0.2) is 23.0 Å². The van der Waals surface area contributed by atoms with Crippen molar-refractivity contribution in [1.29, 1.82) is 0 Å². The molecule has 126 valence electrons. The molecule has 0 bridgehead atoms. The molecule has 0 aliphatic heterocycles. The van der Waals surface area contributed by atoms with Crippen molar-refractivity contribution >= 4 is 22.2 Å². The maximum atomic E-state index is 5.43. The fourth-order valence-electron chi connectivity index (χ4n) is 2.81. The van der Waals surface area contributed by atoms with Crippen LogP contribution in [0.15, 0.2) is 48.8 Å². The van der Waals surface area contributed by atoms with Gasteiger partial charge in [0, 0.05) is 17.3 Å². The number of rotatable bonds is 5. The molecule has 2 aromatic carbocycles. The number of ether oxygens (including phenoxy) is 2. The molecule has 4 rings (SSSR count). The Bertz CT molecular complexity index is 1030. The number of nitrogens with one attached hydrogen (secondary N) is 1. The summed E-state index contributed by atoms with van der Waals surface area (Å²) >= 11 is 0. The first-order valence-electron chi connectivity index (χ1n) is 7.83. The molecule has 0 saturated heterocycles. The zero-order chi connectivity index (χ0) is 17.2. The minimum absolute atomic E-state index is 0.639. The number of fused-ring (bicyclic) bond motifs is 3. The molecule has 0 aliphatic rings. The molecule has 0 saturated carbocycles. The maximum Gasteiger partial charge on any atom is 0.185 e. The van der Waals surface area contributed by atoms with Crippen molar-refractivity contribution in [2.24, 2.45) is 0 Å². The van der Waals surface area contributed by atoms with Crippen molar-refractivity contribution in [1.82, 2.24) is 19.8 Å². The summed E-state index contributed by atoms with van der Waals surface area (Å²) in [7, 11) is 3.23. The molecule has 7 nitrogen and oxygen atoms in total. The van der Waals surface area contributed by atoms with Crippen molar-refractivity contribution in [2.45, 2.75) is 6.54 Å². The molecule has 1 N–H and O–H groups in total. The van der Waals surface area contributed by atoms with Crippen molar-refractivity contribution in [3.63, 3.8) is 0 Å². The van der Waals surface area contributed by atoms with Crippen LogP contribution in [0.1, 0.15) is 5.56 Å². The molecule has 4 aromatic rings. The summed E-state index contributed by atoms with van der Waals surface area (Å²) in [5.74, 6) is 2.01. The Hall–Kier alpha value is -3.35. The molecule has 2 aromatic heterocycles. The van der Waals surface area contributed by atoms with Crippen LogP contribution in [-0.4, -0.2) is 34.0 Å². The summed E-state index contributed by atoms with van der Waals surface area (Å²) in [5, 5.41) is 17.9. The number of nitrogens with zero attached hydrogens (tertiary/aromatic N) is 4. The minimum atomic E-state index is 0.639. The Morgan fingerprint density at radius 2 is 1.72 bits per heavy atom. The lowest BCUT2D eigenvalue weighted by Gasteiger charge is -2.13. The van der Waals surface area contributed by atoms with Gasteiger partial charge in [-0.3, -0.25) is 0 Å². The Morgan fingerprint density at radius 3 is 2.44 bits per heavy atom. The van der Waals surface area contributed by atoms with Gasteiger partial charge >= 0.3 is 0 Å². The minimum Gasteiger partial charge on any atom is -0.493 e. The highest BCUT2D eigenvalue weighted by Crippen LogP contribution is 2.36. The van der Waals surface area contributed by atoms with E-state index in [2.05, 4.69) is 32.7 Å². The summed E-state index contributed by atoms with van der Waals surface area (Å²) in [5.41, 5.74) is 1.84. The van der Waals surface area contributed by atoms with Gasteiger partial charge in [-0.25, -0.2) is 0 Å². The Balaban J connectivity index is 1.86. The van der Waals surface area contributed by atoms with Crippen LogP contribution in [0.2, 0.25) is 0 Å². The second kappa shape index (κ2) is 6.27. The van der Waals surface area contributed by atoms with Gasteiger partial charge in [0.2, 0.25) is 0 Å². The van der Waals surface area contributed by atoms with E-state index in [1.165, 1.54) is 5.56 Å². The van der Waals surface area contributed by atoms with Gasteiger partial charge in [0.25, 0.3) is 0 Å². The molecule has 0 unspecified atom stereocenters. The third kappa shape index (κ3) is 2.69. The second-order valence-corrected chi connectivity index (χ2v) is 5.54. The first-order valence-corrected chi connectivity index (χ1v) is 7.83. The molecule has 2 heterocycles. The van der Waals surface area contributed by atoms with Crippen LogP contribution in [0, 0.1) is 0 Å². The van der Waals surface area contributed by atoms with E-state index in [0.717, 1.165) is 16.6 Å². The number of benzene rings is 2. The molecule has 0 fully saturated rings. The first-order chi connectivity index (χ1) is 12.3. The predicted octanol–water partition coefficient (Wildman–Crippen LogP) is 2.91. The highest BCUT2D eigenvalue weighted by molar-refractivity contribution is 6.01. The van der Waals surface area contributed by atoms with E-state index >= 15 is 0 Å².